The Morgan fingerprint density at radius 2 is 2.06 bits per heavy atom. The second-order valence-corrected chi connectivity index (χ2v) is 5.99. The Morgan fingerprint density at radius 3 is 2.65 bits per heavy atom. The molecular weight excluding hydrogens is 230 g/mol. The van der Waals surface area contributed by atoms with Crippen LogP contribution in [0.3, 0.4) is 0 Å². The zero-order chi connectivity index (χ0) is 12.4. The van der Waals surface area contributed by atoms with Gasteiger partial charge in [-0.2, -0.15) is 0 Å². The predicted molar refractivity (Wildman–Crippen MR) is 72.8 cm³/mol. The van der Waals surface area contributed by atoms with Crippen LogP contribution in [0.4, 0.5) is 0 Å². The maximum atomic E-state index is 7.69. The highest BCUT2D eigenvalue weighted by Gasteiger charge is 2.20. The molecule has 0 saturated heterocycles. The van der Waals surface area contributed by atoms with Crippen LogP contribution < -0.4 is 5.73 Å². The van der Waals surface area contributed by atoms with Crippen molar-refractivity contribution in [3.05, 3.63) is 22.9 Å². The number of nitrogen functional groups attached to an aromatic ring is 1. The number of aryl methyl sites for hydroxylation is 2. The molecule has 3 N–H and O–H groups in total. The van der Waals surface area contributed by atoms with E-state index in [1.54, 1.807) is 11.8 Å². The van der Waals surface area contributed by atoms with Gasteiger partial charge >= 0.3 is 0 Å². The number of thioether (sulfide) groups is 1. The third kappa shape index (κ3) is 2.80. The molecule has 1 aliphatic carbocycles. The summed E-state index contributed by atoms with van der Waals surface area (Å²) < 4.78 is 0. The molecule has 0 spiro atoms. The molecule has 4 heteroatoms. The molecular formula is C13H19N3S. The maximum absolute atomic E-state index is 7.69. The lowest BCUT2D eigenvalue weighted by atomic mass is 10.1. The molecule has 0 unspecified atom stereocenters. The number of hydrogen-bond donors (Lipinski definition) is 2. The fourth-order valence-electron chi connectivity index (χ4n) is 2.38. The van der Waals surface area contributed by atoms with Crippen LogP contribution in [0.5, 0.6) is 0 Å². The van der Waals surface area contributed by atoms with Crippen LogP contribution >= 0.6 is 11.8 Å². The lowest BCUT2D eigenvalue weighted by Gasteiger charge is -2.14. The zero-order valence-corrected chi connectivity index (χ0v) is 11.2. The van der Waals surface area contributed by atoms with E-state index in [0.717, 1.165) is 21.8 Å². The van der Waals surface area contributed by atoms with Crippen molar-refractivity contribution in [1.82, 2.24) is 4.98 Å². The highest BCUT2D eigenvalue weighted by molar-refractivity contribution is 7.99. The van der Waals surface area contributed by atoms with E-state index in [9.17, 15) is 0 Å². The predicted octanol–water partition coefficient (Wildman–Crippen LogP) is 3.02. The first kappa shape index (κ1) is 12.4. The van der Waals surface area contributed by atoms with Crippen LogP contribution in [0.25, 0.3) is 0 Å². The van der Waals surface area contributed by atoms with E-state index >= 15 is 0 Å². The molecule has 1 heterocycles. The minimum absolute atomic E-state index is 0.135. The molecule has 0 bridgehead atoms. The zero-order valence-electron chi connectivity index (χ0n) is 10.4. The standard InChI is InChI=1S/C13H19N3S/c1-8-7-9(2)16-13(11(8)12(14)15)17-10-5-3-4-6-10/h7,10H,3-6H2,1-2H3,(H3,14,15). The fourth-order valence-corrected chi connectivity index (χ4v) is 3.85. The summed E-state index contributed by atoms with van der Waals surface area (Å²) in [7, 11) is 0. The molecule has 0 aromatic carbocycles. The van der Waals surface area contributed by atoms with E-state index < -0.39 is 0 Å². The van der Waals surface area contributed by atoms with Crippen LogP contribution in [0, 0.1) is 19.3 Å². The smallest absolute Gasteiger partial charge is 0.125 e. The lowest BCUT2D eigenvalue weighted by molar-refractivity contribution is 0.886. The number of nitrogens with zero attached hydrogens (tertiary/aromatic N) is 1. The van der Waals surface area contributed by atoms with Gasteiger partial charge in [0.05, 0.1) is 5.56 Å². The molecule has 3 nitrogen and oxygen atoms in total. The third-order valence-corrected chi connectivity index (χ3v) is 4.48. The van der Waals surface area contributed by atoms with Gasteiger partial charge in [-0.25, -0.2) is 4.98 Å². The summed E-state index contributed by atoms with van der Waals surface area (Å²) in [6.45, 7) is 4.00. The van der Waals surface area contributed by atoms with Crippen LogP contribution in [0.2, 0.25) is 0 Å². The number of pyridine rings is 1. The van der Waals surface area contributed by atoms with Crippen molar-refractivity contribution in [2.75, 3.05) is 0 Å². The molecule has 92 valence electrons. The Hall–Kier alpha value is -1.03. The first-order valence-corrected chi connectivity index (χ1v) is 6.95. The summed E-state index contributed by atoms with van der Waals surface area (Å²) in [6, 6.07) is 2.00. The maximum Gasteiger partial charge on any atom is 0.125 e. The summed E-state index contributed by atoms with van der Waals surface area (Å²) in [5.74, 6) is 0.135. The van der Waals surface area contributed by atoms with Gasteiger partial charge in [0.2, 0.25) is 0 Å². The number of rotatable bonds is 3. The third-order valence-electron chi connectivity index (χ3n) is 3.16. The number of nitrogens with one attached hydrogen (secondary N) is 1. The molecule has 0 atom stereocenters. The minimum atomic E-state index is 0.135. The highest BCUT2D eigenvalue weighted by atomic mass is 32.2. The monoisotopic (exact) mass is 249 g/mol. The molecule has 1 aromatic heterocycles. The van der Waals surface area contributed by atoms with E-state index in [2.05, 4.69) is 4.98 Å². The van der Waals surface area contributed by atoms with Crippen molar-refractivity contribution in [2.24, 2.45) is 5.73 Å². The Morgan fingerprint density at radius 1 is 1.41 bits per heavy atom. The van der Waals surface area contributed by atoms with Gasteiger partial charge in [0, 0.05) is 10.9 Å². The summed E-state index contributed by atoms with van der Waals surface area (Å²) in [5, 5.41) is 9.29. The molecule has 0 aliphatic heterocycles. The second-order valence-electron chi connectivity index (χ2n) is 4.70. The SMILES string of the molecule is Cc1cc(C)c(C(=N)N)c(SC2CCCC2)n1. The van der Waals surface area contributed by atoms with Gasteiger partial charge in [0.1, 0.15) is 10.9 Å². The fraction of sp³-hybridized carbons (Fsp3) is 0.538. The second kappa shape index (κ2) is 5.08. The average Bonchev–Trinajstić information content (AvgIpc) is 2.68. The van der Waals surface area contributed by atoms with Crippen LogP contribution in [0.15, 0.2) is 11.1 Å². The molecule has 0 amide bonds. The van der Waals surface area contributed by atoms with Crippen LogP contribution in [-0.4, -0.2) is 16.1 Å². The Labute approximate surface area is 107 Å². The van der Waals surface area contributed by atoms with Gasteiger partial charge in [-0.15, -0.1) is 11.8 Å². The van der Waals surface area contributed by atoms with Gasteiger partial charge < -0.3 is 5.73 Å². The van der Waals surface area contributed by atoms with E-state index in [-0.39, 0.29) is 5.84 Å². The Bertz CT molecular complexity index is 437. The van der Waals surface area contributed by atoms with Crippen molar-refractivity contribution in [2.45, 2.75) is 49.8 Å². The first-order valence-electron chi connectivity index (χ1n) is 6.07. The first-order chi connectivity index (χ1) is 8.08. The van der Waals surface area contributed by atoms with Gasteiger partial charge in [0.15, 0.2) is 0 Å². The van der Waals surface area contributed by atoms with Gasteiger partial charge in [-0.3, -0.25) is 5.41 Å². The lowest BCUT2D eigenvalue weighted by Crippen LogP contribution is -2.16. The highest BCUT2D eigenvalue weighted by Crippen LogP contribution is 2.36. The average molecular weight is 249 g/mol. The van der Waals surface area contributed by atoms with Gasteiger partial charge in [0.25, 0.3) is 0 Å². The summed E-state index contributed by atoms with van der Waals surface area (Å²) in [6.07, 6.45) is 5.16. The molecule has 1 fully saturated rings. The van der Waals surface area contributed by atoms with E-state index in [4.69, 9.17) is 11.1 Å². The topological polar surface area (TPSA) is 62.8 Å². The van der Waals surface area contributed by atoms with Crippen molar-refractivity contribution in [1.29, 1.82) is 5.41 Å². The number of aromatic nitrogens is 1. The molecule has 2 rings (SSSR count). The molecule has 17 heavy (non-hydrogen) atoms. The summed E-state index contributed by atoms with van der Waals surface area (Å²) >= 11 is 1.80. The van der Waals surface area contributed by atoms with Crippen molar-refractivity contribution in [3.63, 3.8) is 0 Å². The molecule has 1 aromatic rings. The van der Waals surface area contributed by atoms with Crippen LogP contribution in [0.1, 0.15) is 42.5 Å². The van der Waals surface area contributed by atoms with Crippen LogP contribution in [-0.2, 0) is 0 Å². The largest absolute Gasteiger partial charge is 0.384 e. The number of hydrogen-bond acceptors (Lipinski definition) is 3. The van der Waals surface area contributed by atoms with E-state index in [1.165, 1.54) is 25.7 Å². The number of nitrogens with two attached hydrogens (primary N) is 1. The van der Waals surface area contributed by atoms with Gasteiger partial charge in [-0.1, -0.05) is 12.8 Å². The van der Waals surface area contributed by atoms with E-state index in [0.29, 0.717) is 5.25 Å². The van der Waals surface area contributed by atoms with Crippen molar-refractivity contribution in [3.8, 4) is 0 Å². The Kier molecular flexibility index (Phi) is 3.72. The van der Waals surface area contributed by atoms with E-state index in [1.807, 2.05) is 19.9 Å². The van der Waals surface area contributed by atoms with Crippen molar-refractivity contribution < 1.29 is 0 Å². The molecule has 0 radical (unpaired) electrons. The summed E-state index contributed by atoms with van der Waals surface area (Å²) in [4.78, 5) is 4.56. The number of amidine groups is 1. The molecule has 1 aliphatic rings. The summed E-state index contributed by atoms with van der Waals surface area (Å²) in [5.41, 5.74) is 8.56. The normalized spacial score (nSPS) is 16.4. The quantitative estimate of drug-likeness (QED) is 0.639. The van der Waals surface area contributed by atoms with Crippen molar-refractivity contribution >= 4 is 17.6 Å². The minimum Gasteiger partial charge on any atom is -0.384 e. The van der Waals surface area contributed by atoms with Gasteiger partial charge in [-0.05, 0) is 38.3 Å². The Balaban J connectivity index is 2.32. The molecule has 1 saturated carbocycles.